The summed E-state index contributed by atoms with van der Waals surface area (Å²) in [4.78, 5) is 24.5. The molecule has 0 aliphatic carbocycles. The Morgan fingerprint density at radius 2 is 2.19 bits per heavy atom. The number of nitrogens with zero attached hydrogens (tertiary/aromatic N) is 1. The first kappa shape index (κ1) is 12.8. The second-order valence-electron chi connectivity index (χ2n) is 5.08. The molecule has 0 spiro atoms. The maximum absolute atomic E-state index is 11.6. The van der Waals surface area contributed by atoms with Gasteiger partial charge < -0.3 is 15.0 Å². The van der Waals surface area contributed by atoms with Crippen molar-refractivity contribution >= 4 is 12.0 Å². The molecule has 1 N–H and O–H groups in total. The van der Waals surface area contributed by atoms with E-state index in [1.165, 1.54) is 0 Å². The van der Waals surface area contributed by atoms with Crippen LogP contribution in [0, 0.1) is 0 Å². The van der Waals surface area contributed by atoms with Gasteiger partial charge in [0.1, 0.15) is 5.60 Å². The van der Waals surface area contributed by atoms with E-state index < -0.39 is 5.60 Å². The molecule has 0 saturated carbocycles. The lowest BCUT2D eigenvalue weighted by Crippen LogP contribution is -2.51. The molecule has 0 bridgehead atoms. The highest BCUT2D eigenvalue weighted by molar-refractivity contribution is 5.77. The van der Waals surface area contributed by atoms with Gasteiger partial charge in [-0.15, -0.1) is 0 Å². The van der Waals surface area contributed by atoms with Gasteiger partial charge in [0.25, 0.3) is 0 Å². The first-order valence-corrected chi connectivity index (χ1v) is 5.52. The van der Waals surface area contributed by atoms with Crippen LogP contribution in [0.1, 0.15) is 33.6 Å². The Balaban J connectivity index is 2.47. The number of carbonyl (C=O) groups is 2. The third-order valence-corrected chi connectivity index (χ3v) is 2.44. The molecule has 1 fully saturated rings. The monoisotopic (exact) mass is 228 g/mol. The first-order valence-electron chi connectivity index (χ1n) is 5.52. The Morgan fingerprint density at radius 3 is 2.75 bits per heavy atom. The molecule has 1 saturated heterocycles. The fraction of sp³-hybridized carbons (Fsp3) is 0.818. The summed E-state index contributed by atoms with van der Waals surface area (Å²) in [5.74, 6) is -0.251. The molecule has 0 aromatic carbocycles. The summed E-state index contributed by atoms with van der Waals surface area (Å²) in [6.07, 6.45) is 1.04. The smallest absolute Gasteiger partial charge is 0.317 e. The molecule has 1 aliphatic rings. The third-order valence-electron chi connectivity index (χ3n) is 2.44. The summed E-state index contributed by atoms with van der Waals surface area (Å²) >= 11 is 0. The number of carbonyl (C=O) groups excluding carboxylic acids is 2. The highest BCUT2D eigenvalue weighted by Gasteiger charge is 2.28. The molecule has 5 heteroatoms. The van der Waals surface area contributed by atoms with Crippen LogP contribution >= 0.6 is 0 Å². The molecular formula is C11H20N2O3. The Morgan fingerprint density at radius 1 is 1.56 bits per heavy atom. The minimum atomic E-state index is -0.466. The van der Waals surface area contributed by atoms with Gasteiger partial charge >= 0.3 is 12.0 Å². The lowest BCUT2D eigenvalue weighted by atomic mass is 10.1. The summed E-state index contributed by atoms with van der Waals surface area (Å²) in [5, 5.41) is 2.72. The predicted molar refractivity (Wildman–Crippen MR) is 60.0 cm³/mol. The predicted octanol–water partition coefficient (Wildman–Crippen LogP) is 1.13. The van der Waals surface area contributed by atoms with Gasteiger partial charge in [-0.1, -0.05) is 0 Å². The van der Waals surface area contributed by atoms with Crippen molar-refractivity contribution in [2.75, 3.05) is 13.6 Å². The fourth-order valence-electron chi connectivity index (χ4n) is 1.64. The van der Waals surface area contributed by atoms with Gasteiger partial charge in [0, 0.05) is 19.6 Å². The third kappa shape index (κ3) is 3.72. The summed E-state index contributed by atoms with van der Waals surface area (Å²) in [6, 6.07) is -0.177. The quantitative estimate of drug-likeness (QED) is 0.721. The SMILES string of the molecule is CN1C(=O)NCCC1CC(=O)OC(C)(C)C. The molecule has 5 nitrogen and oxygen atoms in total. The maximum atomic E-state index is 11.6. The van der Waals surface area contributed by atoms with E-state index in [0.29, 0.717) is 6.54 Å². The largest absolute Gasteiger partial charge is 0.460 e. The first-order chi connectivity index (χ1) is 7.29. The van der Waals surface area contributed by atoms with Crippen LogP contribution in [-0.4, -0.2) is 42.1 Å². The maximum Gasteiger partial charge on any atom is 0.317 e. The Hall–Kier alpha value is -1.26. The molecule has 1 aliphatic heterocycles. The molecule has 0 aromatic rings. The van der Waals surface area contributed by atoms with Crippen molar-refractivity contribution in [1.29, 1.82) is 0 Å². The lowest BCUT2D eigenvalue weighted by molar-refractivity contribution is -0.156. The number of rotatable bonds is 2. The van der Waals surface area contributed by atoms with Crippen LogP contribution in [0.5, 0.6) is 0 Å². The number of esters is 1. The number of urea groups is 1. The topological polar surface area (TPSA) is 58.6 Å². The van der Waals surface area contributed by atoms with Gasteiger partial charge in [0.15, 0.2) is 0 Å². The van der Waals surface area contributed by atoms with Gasteiger partial charge in [0.2, 0.25) is 0 Å². The van der Waals surface area contributed by atoms with E-state index in [1.807, 2.05) is 20.8 Å². The van der Waals surface area contributed by atoms with E-state index in [0.717, 1.165) is 6.42 Å². The van der Waals surface area contributed by atoms with Crippen molar-refractivity contribution in [2.24, 2.45) is 0 Å². The normalized spacial score (nSPS) is 21.6. The van der Waals surface area contributed by atoms with Gasteiger partial charge in [-0.05, 0) is 27.2 Å². The summed E-state index contributed by atoms with van der Waals surface area (Å²) in [5.41, 5.74) is -0.466. The molecule has 0 aromatic heterocycles. The minimum absolute atomic E-state index is 0.0522. The summed E-state index contributed by atoms with van der Waals surface area (Å²) < 4.78 is 5.23. The number of hydrogen-bond acceptors (Lipinski definition) is 3. The Kier molecular flexibility index (Phi) is 3.78. The standard InChI is InChI=1S/C11H20N2O3/c1-11(2,3)16-9(14)7-8-5-6-12-10(15)13(8)4/h8H,5-7H2,1-4H3,(H,12,15). The van der Waals surface area contributed by atoms with Crippen molar-refractivity contribution in [3.8, 4) is 0 Å². The zero-order chi connectivity index (χ0) is 12.3. The van der Waals surface area contributed by atoms with Crippen molar-refractivity contribution in [3.63, 3.8) is 0 Å². The van der Waals surface area contributed by atoms with E-state index >= 15 is 0 Å². The van der Waals surface area contributed by atoms with Crippen LogP contribution in [0.3, 0.4) is 0 Å². The summed E-state index contributed by atoms with van der Waals surface area (Å²) in [7, 11) is 1.70. The lowest BCUT2D eigenvalue weighted by Gasteiger charge is -2.33. The van der Waals surface area contributed by atoms with Crippen LogP contribution < -0.4 is 5.32 Å². The number of amides is 2. The van der Waals surface area contributed by atoms with Gasteiger partial charge in [-0.3, -0.25) is 4.79 Å². The highest BCUT2D eigenvalue weighted by Crippen LogP contribution is 2.15. The second-order valence-corrected chi connectivity index (χ2v) is 5.08. The van der Waals surface area contributed by atoms with E-state index in [-0.39, 0.29) is 24.5 Å². The zero-order valence-corrected chi connectivity index (χ0v) is 10.4. The second kappa shape index (κ2) is 4.72. The van der Waals surface area contributed by atoms with Gasteiger partial charge in [-0.2, -0.15) is 0 Å². The molecule has 1 atom stereocenters. The molecule has 16 heavy (non-hydrogen) atoms. The average Bonchev–Trinajstić information content (AvgIpc) is 2.09. The number of ether oxygens (including phenoxy) is 1. The molecule has 2 amide bonds. The zero-order valence-electron chi connectivity index (χ0n) is 10.4. The summed E-state index contributed by atoms with van der Waals surface area (Å²) in [6.45, 7) is 6.13. The molecule has 92 valence electrons. The van der Waals surface area contributed by atoms with E-state index in [4.69, 9.17) is 4.74 Å². The van der Waals surface area contributed by atoms with Crippen molar-refractivity contribution in [2.45, 2.75) is 45.3 Å². The van der Waals surface area contributed by atoms with Crippen LogP contribution in [0.4, 0.5) is 4.79 Å². The highest BCUT2D eigenvalue weighted by atomic mass is 16.6. The van der Waals surface area contributed by atoms with Crippen molar-refractivity contribution in [3.05, 3.63) is 0 Å². The Labute approximate surface area is 96.1 Å². The molecule has 1 heterocycles. The van der Waals surface area contributed by atoms with Crippen LogP contribution in [0.2, 0.25) is 0 Å². The Bertz CT molecular complexity index is 283. The van der Waals surface area contributed by atoms with Crippen LogP contribution in [-0.2, 0) is 9.53 Å². The fourth-order valence-corrected chi connectivity index (χ4v) is 1.64. The average molecular weight is 228 g/mol. The van der Waals surface area contributed by atoms with Crippen molar-refractivity contribution < 1.29 is 14.3 Å². The molecule has 1 rings (SSSR count). The minimum Gasteiger partial charge on any atom is -0.460 e. The molecule has 1 unspecified atom stereocenters. The van der Waals surface area contributed by atoms with E-state index in [1.54, 1.807) is 11.9 Å². The van der Waals surface area contributed by atoms with Gasteiger partial charge in [-0.25, -0.2) is 4.79 Å². The van der Waals surface area contributed by atoms with Crippen molar-refractivity contribution in [1.82, 2.24) is 10.2 Å². The van der Waals surface area contributed by atoms with E-state index in [9.17, 15) is 9.59 Å². The molecule has 0 radical (unpaired) electrons. The number of nitrogens with one attached hydrogen (secondary N) is 1. The van der Waals surface area contributed by atoms with Crippen LogP contribution in [0.25, 0.3) is 0 Å². The van der Waals surface area contributed by atoms with E-state index in [2.05, 4.69) is 5.32 Å². The van der Waals surface area contributed by atoms with Crippen LogP contribution in [0.15, 0.2) is 0 Å². The van der Waals surface area contributed by atoms with Gasteiger partial charge in [0.05, 0.1) is 6.42 Å². The molecular weight excluding hydrogens is 208 g/mol. The number of hydrogen-bond donors (Lipinski definition) is 1.